The van der Waals surface area contributed by atoms with Crippen molar-refractivity contribution in [2.24, 2.45) is 17.8 Å². The van der Waals surface area contributed by atoms with E-state index in [1.807, 2.05) is 62.3 Å². The Labute approximate surface area is 470 Å². The molecule has 1 aromatic heterocycles. The lowest BCUT2D eigenvalue weighted by Gasteiger charge is -2.49. The topological polar surface area (TPSA) is 267 Å². The molecule has 19 atom stereocenters. The van der Waals surface area contributed by atoms with Gasteiger partial charge in [0.25, 0.3) is 0 Å². The minimum Gasteiger partial charge on any atom is -0.477 e. The van der Waals surface area contributed by atoms with Gasteiger partial charge in [-0.25, -0.2) is 9.59 Å². The lowest BCUT2D eigenvalue weighted by molar-refractivity contribution is -0.317. The van der Waals surface area contributed by atoms with E-state index in [1.54, 1.807) is 54.5 Å². The number of cyclic esters (lactones) is 1. The number of thioether (sulfide) groups is 1. The predicted molar refractivity (Wildman–Crippen MR) is 296 cm³/mol. The van der Waals surface area contributed by atoms with Crippen molar-refractivity contribution in [3.05, 3.63) is 39.7 Å². The van der Waals surface area contributed by atoms with Gasteiger partial charge in [0.15, 0.2) is 18.7 Å². The second kappa shape index (κ2) is 26.8. The minimum atomic E-state index is -1.87. The molecule has 6 N–H and O–H groups in total. The summed E-state index contributed by atoms with van der Waals surface area (Å²) in [7, 11) is 7.05. The maximum absolute atomic E-state index is 14.6. The third-order valence-corrected chi connectivity index (χ3v) is 18.1. The number of methoxy groups -OCH3 is 1. The average molecular weight is 1140 g/mol. The van der Waals surface area contributed by atoms with Crippen LogP contribution in [0.1, 0.15) is 130 Å². The molecular formula is C57H92N4O17S. The van der Waals surface area contributed by atoms with Crippen LogP contribution in [0.2, 0.25) is 0 Å². The van der Waals surface area contributed by atoms with Crippen LogP contribution in [0, 0.1) is 17.8 Å². The molecule has 4 aliphatic rings. The Morgan fingerprint density at radius 2 is 1.66 bits per heavy atom. The van der Waals surface area contributed by atoms with Gasteiger partial charge < -0.3 is 83.1 Å². The van der Waals surface area contributed by atoms with Crippen LogP contribution >= 0.6 is 11.8 Å². The Morgan fingerprint density at radius 3 is 2.30 bits per heavy atom. The van der Waals surface area contributed by atoms with Crippen LogP contribution in [0.4, 0.5) is 4.79 Å². The molecular weight excluding hydrogens is 1040 g/mol. The van der Waals surface area contributed by atoms with Gasteiger partial charge in [-0.05, 0) is 132 Å². The number of ether oxygens (including phenoxy) is 8. The van der Waals surface area contributed by atoms with Crippen LogP contribution in [0.5, 0.6) is 0 Å². The highest BCUT2D eigenvalue weighted by Crippen LogP contribution is 2.41. The van der Waals surface area contributed by atoms with E-state index in [-0.39, 0.29) is 62.1 Å². The van der Waals surface area contributed by atoms with Crippen LogP contribution in [0.3, 0.4) is 0 Å². The fourth-order valence-corrected chi connectivity index (χ4v) is 13.3. The normalized spacial score (nSPS) is 38.2. The zero-order valence-electron chi connectivity index (χ0n) is 49.1. The fraction of sp³-hybridized carbons (Fsp3) is 0.789. The molecule has 0 aliphatic carbocycles. The van der Waals surface area contributed by atoms with Gasteiger partial charge in [0, 0.05) is 72.9 Å². The van der Waals surface area contributed by atoms with Gasteiger partial charge in [-0.1, -0.05) is 20.8 Å². The quantitative estimate of drug-likeness (QED) is 0.0737. The zero-order valence-corrected chi connectivity index (χ0v) is 49.9. The van der Waals surface area contributed by atoms with E-state index in [4.69, 9.17) is 37.9 Å². The first-order valence-electron chi connectivity index (χ1n) is 28.1. The van der Waals surface area contributed by atoms with E-state index in [0.29, 0.717) is 30.7 Å². The van der Waals surface area contributed by atoms with E-state index in [2.05, 4.69) is 5.32 Å². The molecule has 1 aromatic carbocycles. The standard InChI is InChI=1S/C57H92N4O17S/c1-16-42-57(11,70)48(64)35(7)60(14)28-30(2)26-55(9,69)49(77-53-46(63)41(59(12)13)23-32(4)73-53)33(5)47(34(6)52(67)75-42)76-43-27-56(10,71-15)50(36(8)74-43)78-54(68)58-19-20-72-21-22-79-38-24-37-18-17-31(3)61-29-40(51(65)66)45(62)39(25-38)44(37)61/h24-25,29-36,41-43,46-50,53,63-64,69-70H,16-23,26-28H2,1-15H3,(H,58,68)(H,65,66)/t30-,31?,32-,33+,34-,35-,36+,41+,42-,43+,46-,47+,48-,49-,50+,53?,55-,56-,57-/m1/s1. The van der Waals surface area contributed by atoms with E-state index >= 15 is 0 Å². The number of carboxylic acids is 1. The van der Waals surface area contributed by atoms with Gasteiger partial charge >= 0.3 is 18.0 Å². The Hall–Kier alpha value is -3.49. The van der Waals surface area contributed by atoms with Crippen molar-refractivity contribution in [3.8, 4) is 0 Å². The third-order valence-electron chi connectivity index (χ3n) is 17.1. The van der Waals surface area contributed by atoms with Crippen molar-refractivity contribution < 1.29 is 77.8 Å². The third kappa shape index (κ3) is 14.8. The van der Waals surface area contributed by atoms with Crippen LogP contribution < -0.4 is 10.7 Å². The highest BCUT2D eigenvalue weighted by Gasteiger charge is 2.54. The summed E-state index contributed by atoms with van der Waals surface area (Å²) in [5.41, 5.74) is -3.67. The Morgan fingerprint density at radius 1 is 0.962 bits per heavy atom. The Balaban J connectivity index is 1.15. The number of hydrogen-bond donors (Lipinski definition) is 6. The highest BCUT2D eigenvalue weighted by molar-refractivity contribution is 7.99. The number of likely N-dealkylation sites (N-methyl/N-ethyl adjacent to an activating group) is 2. The molecule has 3 fully saturated rings. The van der Waals surface area contributed by atoms with E-state index < -0.39 is 113 Å². The zero-order chi connectivity index (χ0) is 58.6. The molecule has 21 nitrogen and oxygen atoms in total. The van der Waals surface area contributed by atoms with E-state index in [9.17, 15) is 44.7 Å². The maximum atomic E-state index is 14.6. The van der Waals surface area contributed by atoms with Crippen LogP contribution in [-0.4, -0.2) is 209 Å². The second-order valence-electron chi connectivity index (χ2n) is 23.9. The number of benzene rings is 1. The summed E-state index contributed by atoms with van der Waals surface area (Å²) in [6.07, 6.45) is -6.96. The average Bonchev–Trinajstić information content (AvgIpc) is 3.56. The number of amides is 1. The molecule has 3 saturated heterocycles. The smallest absolute Gasteiger partial charge is 0.407 e. The number of pyridine rings is 1. The summed E-state index contributed by atoms with van der Waals surface area (Å²) in [4.78, 5) is 57.8. The van der Waals surface area contributed by atoms with Gasteiger partial charge in [-0.2, -0.15) is 0 Å². The van der Waals surface area contributed by atoms with Gasteiger partial charge in [0.05, 0.1) is 54.7 Å². The number of aliphatic hydroxyl groups is 4. The van der Waals surface area contributed by atoms with E-state index in [0.717, 1.165) is 28.8 Å². The molecule has 0 saturated carbocycles. The molecule has 2 aromatic rings. The molecule has 2 unspecified atom stereocenters. The molecule has 0 spiro atoms. The monoisotopic (exact) mass is 1140 g/mol. The SMILES string of the molecule is CC[C@H]1OC(=O)[C@H](C)[C@@H](O[C@H]2C[C@@](C)(OC)[C@@H](OC(=O)NCCOCCSc3cc4c5c(c3)c(=O)c(C(=O)O)cn5C(C)CC4)[C@H](C)O2)[C@H](C)[C@@H](OC2O[C@H](C)C[C@H](N(C)C)[C@H]2O)[C@](C)(O)C[C@@H](C)CN(C)[C@H](C)[C@@H](O)[C@]1(C)O. The van der Waals surface area contributed by atoms with Crippen molar-refractivity contribution in [1.29, 1.82) is 0 Å². The van der Waals surface area contributed by atoms with Crippen molar-refractivity contribution in [2.45, 2.75) is 216 Å². The summed E-state index contributed by atoms with van der Waals surface area (Å²) in [6, 6.07) is 2.95. The minimum absolute atomic E-state index is 0.0143. The molecule has 4 aliphatic heterocycles. The number of nitrogens with zero attached hydrogens (tertiary/aromatic N) is 3. The lowest BCUT2D eigenvalue weighted by Crippen LogP contribution is -2.61. The number of alkyl carbamates (subject to hydrolysis) is 1. The van der Waals surface area contributed by atoms with Crippen LogP contribution in [-0.2, 0) is 49.1 Å². The molecule has 0 bridgehead atoms. The highest BCUT2D eigenvalue weighted by atomic mass is 32.2. The number of carbonyl (C=O) groups excluding carboxylic acids is 2. The van der Waals surface area contributed by atoms with Gasteiger partial charge in [-0.15, -0.1) is 11.8 Å². The summed E-state index contributed by atoms with van der Waals surface area (Å²) in [5.74, 6) is -3.62. The molecule has 79 heavy (non-hydrogen) atoms. The number of carboxylic acid groups (broad SMARTS) is 1. The first-order valence-corrected chi connectivity index (χ1v) is 29.1. The molecule has 1 amide bonds. The largest absolute Gasteiger partial charge is 0.477 e. The summed E-state index contributed by atoms with van der Waals surface area (Å²) >= 11 is 1.49. The number of aromatic carboxylic acids is 1. The first kappa shape index (κ1) is 64.7. The van der Waals surface area contributed by atoms with Gasteiger partial charge in [0.2, 0.25) is 5.43 Å². The van der Waals surface area contributed by atoms with Crippen LogP contribution in [0.25, 0.3) is 10.9 Å². The number of aryl methyl sites for hydroxylation is 1. The number of esters is 1. The number of aromatic nitrogens is 1. The number of rotatable bonds is 16. The molecule has 448 valence electrons. The maximum Gasteiger partial charge on any atom is 0.407 e. The second-order valence-corrected chi connectivity index (χ2v) is 25.1. The predicted octanol–water partition coefficient (Wildman–Crippen LogP) is 4.96. The van der Waals surface area contributed by atoms with Crippen molar-refractivity contribution in [3.63, 3.8) is 0 Å². The molecule has 0 radical (unpaired) electrons. The molecule has 5 heterocycles. The summed E-state index contributed by atoms with van der Waals surface area (Å²) < 4.78 is 52.4. The molecule has 6 rings (SSSR count). The summed E-state index contributed by atoms with van der Waals surface area (Å²) in [5, 5.41) is 61.0. The van der Waals surface area contributed by atoms with Crippen molar-refractivity contribution >= 4 is 40.7 Å². The fourth-order valence-electron chi connectivity index (χ4n) is 12.5. The number of carbonyl (C=O) groups is 3. The van der Waals surface area contributed by atoms with Crippen molar-refractivity contribution in [2.75, 3.05) is 60.3 Å². The van der Waals surface area contributed by atoms with Crippen LogP contribution in [0.15, 0.2) is 28.0 Å². The Bertz CT molecular complexity index is 2460. The van der Waals surface area contributed by atoms with Crippen molar-refractivity contribution in [1.82, 2.24) is 19.7 Å². The number of nitrogens with one attached hydrogen (secondary N) is 1. The number of hydrogen-bond acceptors (Lipinski definition) is 19. The van der Waals surface area contributed by atoms with Gasteiger partial charge in [-0.3, -0.25) is 9.59 Å². The molecule has 22 heteroatoms. The van der Waals surface area contributed by atoms with Gasteiger partial charge in [0.1, 0.15) is 35.1 Å². The summed E-state index contributed by atoms with van der Waals surface area (Å²) in [6.45, 7) is 20.5. The lowest BCUT2D eigenvalue weighted by atomic mass is 9.77. The first-order chi connectivity index (χ1) is 37.0. The Kier molecular flexibility index (Phi) is 22.0. The number of aliphatic hydroxyl groups excluding tert-OH is 2. The van der Waals surface area contributed by atoms with E-state index in [1.165, 1.54) is 32.0 Å².